The normalized spacial score (nSPS) is 12.1. The smallest absolute Gasteiger partial charge is 0.255 e. The molecular weight excluding hydrogens is 386 g/mol. The SMILES string of the molecule is CC(=O)Nc1cc(NC(C)=O)cc(C(=O)Nc2cc3c(cc2Cl)OCCO3)c1. The van der Waals surface area contributed by atoms with Crippen LogP contribution in [0.1, 0.15) is 24.2 Å². The zero-order valence-corrected chi connectivity index (χ0v) is 16.0. The summed E-state index contributed by atoms with van der Waals surface area (Å²) in [5, 5.41) is 8.19. The van der Waals surface area contributed by atoms with Crippen LogP contribution < -0.4 is 25.4 Å². The quantitative estimate of drug-likeness (QED) is 0.726. The summed E-state index contributed by atoms with van der Waals surface area (Å²) in [7, 11) is 0. The number of carbonyl (C=O) groups is 3. The molecule has 28 heavy (non-hydrogen) atoms. The molecule has 0 spiro atoms. The minimum absolute atomic E-state index is 0.223. The molecule has 3 N–H and O–H groups in total. The lowest BCUT2D eigenvalue weighted by atomic mass is 10.1. The minimum atomic E-state index is -0.475. The first kappa shape index (κ1) is 19.5. The first-order chi connectivity index (χ1) is 13.3. The van der Waals surface area contributed by atoms with Crippen LogP contribution in [0, 0.1) is 0 Å². The van der Waals surface area contributed by atoms with Crippen LogP contribution in [0.15, 0.2) is 30.3 Å². The minimum Gasteiger partial charge on any atom is -0.486 e. The van der Waals surface area contributed by atoms with Crippen molar-refractivity contribution < 1.29 is 23.9 Å². The van der Waals surface area contributed by atoms with Crippen LogP contribution in [0.2, 0.25) is 5.02 Å². The Balaban J connectivity index is 1.89. The van der Waals surface area contributed by atoms with Crippen molar-refractivity contribution in [3.8, 4) is 11.5 Å². The maximum Gasteiger partial charge on any atom is 0.255 e. The van der Waals surface area contributed by atoms with Gasteiger partial charge in [-0.2, -0.15) is 0 Å². The molecule has 9 heteroatoms. The van der Waals surface area contributed by atoms with Crippen LogP contribution in [0.3, 0.4) is 0 Å². The summed E-state index contributed by atoms with van der Waals surface area (Å²) in [6.45, 7) is 3.53. The third-order valence-corrected chi connectivity index (χ3v) is 4.03. The highest BCUT2D eigenvalue weighted by molar-refractivity contribution is 6.34. The number of carbonyl (C=O) groups excluding carboxylic acids is 3. The van der Waals surface area contributed by atoms with Crippen molar-refractivity contribution in [2.45, 2.75) is 13.8 Å². The van der Waals surface area contributed by atoms with Crippen molar-refractivity contribution in [3.63, 3.8) is 0 Å². The Kier molecular flexibility index (Phi) is 5.70. The molecule has 0 fully saturated rings. The average molecular weight is 404 g/mol. The lowest BCUT2D eigenvalue weighted by Gasteiger charge is -2.20. The van der Waals surface area contributed by atoms with Crippen LogP contribution in [-0.2, 0) is 9.59 Å². The molecule has 1 heterocycles. The standard InChI is InChI=1S/C19H18ClN3O5/c1-10(24)21-13-5-12(6-14(7-13)22-11(2)25)19(26)23-16-9-18-17(8-15(16)20)27-3-4-28-18/h5-9H,3-4H2,1-2H3,(H,21,24)(H,22,25)(H,23,26). The van der Waals surface area contributed by atoms with Crippen molar-refractivity contribution in [2.24, 2.45) is 0 Å². The summed E-state index contributed by atoms with van der Waals surface area (Å²) in [6.07, 6.45) is 0. The summed E-state index contributed by atoms with van der Waals surface area (Å²) in [4.78, 5) is 35.5. The van der Waals surface area contributed by atoms with Crippen molar-refractivity contribution in [3.05, 3.63) is 40.9 Å². The van der Waals surface area contributed by atoms with Gasteiger partial charge in [-0.25, -0.2) is 0 Å². The van der Waals surface area contributed by atoms with Crippen molar-refractivity contribution >= 4 is 46.4 Å². The number of hydrogen-bond donors (Lipinski definition) is 3. The van der Waals surface area contributed by atoms with E-state index >= 15 is 0 Å². The fraction of sp³-hybridized carbons (Fsp3) is 0.211. The van der Waals surface area contributed by atoms with Gasteiger partial charge in [-0.15, -0.1) is 0 Å². The first-order valence-electron chi connectivity index (χ1n) is 8.42. The maximum absolute atomic E-state index is 12.7. The van der Waals surface area contributed by atoms with Gasteiger partial charge in [-0.3, -0.25) is 14.4 Å². The largest absolute Gasteiger partial charge is 0.486 e. The molecular formula is C19H18ClN3O5. The maximum atomic E-state index is 12.7. The third-order valence-electron chi connectivity index (χ3n) is 3.72. The second-order valence-corrected chi connectivity index (χ2v) is 6.50. The molecule has 146 valence electrons. The van der Waals surface area contributed by atoms with E-state index in [4.69, 9.17) is 21.1 Å². The molecule has 8 nitrogen and oxygen atoms in total. The molecule has 0 radical (unpaired) electrons. The molecule has 0 saturated carbocycles. The highest BCUT2D eigenvalue weighted by atomic mass is 35.5. The zero-order valence-electron chi connectivity index (χ0n) is 15.2. The Morgan fingerprint density at radius 2 is 1.36 bits per heavy atom. The fourth-order valence-corrected chi connectivity index (χ4v) is 2.86. The molecule has 3 amide bonds. The number of fused-ring (bicyclic) bond motifs is 1. The van der Waals surface area contributed by atoms with Gasteiger partial charge in [-0.1, -0.05) is 11.6 Å². The highest BCUT2D eigenvalue weighted by Crippen LogP contribution is 2.38. The summed E-state index contributed by atoms with van der Waals surface area (Å²) < 4.78 is 11.0. The molecule has 0 aromatic heterocycles. The van der Waals surface area contributed by atoms with Crippen molar-refractivity contribution in [1.29, 1.82) is 0 Å². The summed E-state index contributed by atoms with van der Waals surface area (Å²) in [5.41, 5.74) is 1.32. The molecule has 0 unspecified atom stereocenters. The Bertz CT molecular complexity index is 927. The Morgan fingerprint density at radius 3 is 1.89 bits per heavy atom. The van der Waals surface area contributed by atoms with E-state index in [1.165, 1.54) is 26.0 Å². The molecule has 0 bridgehead atoms. The number of halogens is 1. The molecule has 2 aromatic carbocycles. The lowest BCUT2D eigenvalue weighted by molar-refractivity contribution is -0.115. The van der Waals surface area contributed by atoms with E-state index in [0.717, 1.165) is 0 Å². The zero-order chi connectivity index (χ0) is 20.3. The van der Waals surface area contributed by atoms with E-state index in [9.17, 15) is 14.4 Å². The van der Waals surface area contributed by atoms with Gasteiger partial charge in [0.05, 0.1) is 10.7 Å². The Hall–Kier alpha value is -3.26. The number of hydrogen-bond acceptors (Lipinski definition) is 5. The monoisotopic (exact) mass is 403 g/mol. The third kappa shape index (κ3) is 4.72. The highest BCUT2D eigenvalue weighted by Gasteiger charge is 2.18. The first-order valence-corrected chi connectivity index (χ1v) is 8.80. The Morgan fingerprint density at radius 1 is 0.821 bits per heavy atom. The number of rotatable bonds is 4. The summed E-state index contributed by atoms with van der Waals surface area (Å²) >= 11 is 6.23. The second-order valence-electron chi connectivity index (χ2n) is 6.09. The van der Waals surface area contributed by atoms with Crippen LogP contribution in [0.5, 0.6) is 11.5 Å². The van der Waals surface area contributed by atoms with E-state index in [1.54, 1.807) is 18.2 Å². The molecule has 2 aromatic rings. The number of benzene rings is 2. The van der Waals surface area contributed by atoms with E-state index in [-0.39, 0.29) is 22.4 Å². The van der Waals surface area contributed by atoms with Gasteiger partial charge < -0.3 is 25.4 Å². The predicted molar refractivity (Wildman–Crippen MR) is 105 cm³/mol. The van der Waals surface area contributed by atoms with Crippen LogP contribution >= 0.6 is 11.6 Å². The Labute approximate surface area is 166 Å². The number of amides is 3. The van der Waals surface area contributed by atoms with E-state index in [0.29, 0.717) is 41.8 Å². The van der Waals surface area contributed by atoms with Crippen molar-refractivity contribution in [1.82, 2.24) is 0 Å². The molecule has 1 aliphatic rings. The second kappa shape index (κ2) is 8.18. The van der Waals surface area contributed by atoms with Gasteiger partial charge in [0, 0.05) is 42.9 Å². The molecule has 1 aliphatic heterocycles. The number of ether oxygens (including phenoxy) is 2. The fourth-order valence-electron chi connectivity index (χ4n) is 2.66. The van der Waals surface area contributed by atoms with Gasteiger partial charge in [0.2, 0.25) is 11.8 Å². The molecule has 0 aliphatic carbocycles. The van der Waals surface area contributed by atoms with Gasteiger partial charge in [-0.05, 0) is 18.2 Å². The molecule has 0 saturated heterocycles. The molecule has 3 rings (SSSR count). The summed E-state index contributed by atoms with van der Waals surface area (Å²) in [6, 6.07) is 7.70. The number of nitrogens with one attached hydrogen (secondary N) is 3. The van der Waals surface area contributed by atoms with Gasteiger partial charge in [0.15, 0.2) is 11.5 Å². The predicted octanol–water partition coefficient (Wildman–Crippen LogP) is 3.28. The number of anilines is 3. The summed E-state index contributed by atoms with van der Waals surface area (Å²) in [5.74, 6) is -0.0912. The van der Waals surface area contributed by atoms with E-state index < -0.39 is 5.91 Å². The van der Waals surface area contributed by atoms with Gasteiger partial charge >= 0.3 is 0 Å². The van der Waals surface area contributed by atoms with Gasteiger partial charge in [0.1, 0.15) is 13.2 Å². The van der Waals surface area contributed by atoms with Crippen molar-refractivity contribution in [2.75, 3.05) is 29.2 Å². The van der Waals surface area contributed by atoms with Gasteiger partial charge in [0.25, 0.3) is 5.91 Å². The van der Waals surface area contributed by atoms with Crippen LogP contribution in [0.4, 0.5) is 17.1 Å². The van der Waals surface area contributed by atoms with Crippen LogP contribution in [-0.4, -0.2) is 30.9 Å². The van der Waals surface area contributed by atoms with E-state index in [1.807, 2.05) is 0 Å². The lowest BCUT2D eigenvalue weighted by Crippen LogP contribution is -2.17. The van der Waals surface area contributed by atoms with Crippen LogP contribution in [0.25, 0.3) is 0 Å². The molecule has 0 atom stereocenters. The topological polar surface area (TPSA) is 106 Å². The van der Waals surface area contributed by atoms with E-state index in [2.05, 4.69) is 16.0 Å². The average Bonchev–Trinajstić information content (AvgIpc) is 2.61.